The molecule has 178 valence electrons. The lowest BCUT2D eigenvalue weighted by atomic mass is 9.91. The third kappa shape index (κ3) is 4.72. The molecule has 5 rings (SSSR count). The van der Waals surface area contributed by atoms with E-state index in [4.69, 9.17) is 4.74 Å². The van der Waals surface area contributed by atoms with Gasteiger partial charge >= 0.3 is 0 Å². The largest absolute Gasteiger partial charge is 0.508 e. The number of phenols is 1. The van der Waals surface area contributed by atoms with Crippen molar-refractivity contribution in [2.75, 3.05) is 0 Å². The van der Waals surface area contributed by atoms with Crippen molar-refractivity contribution in [1.82, 2.24) is 0 Å². The maximum Gasteiger partial charge on any atom is 0.206 e. The third-order valence-electron chi connectivity index (χ3n) is 7.42. The maximum atomic E-state index is 13.9. The summed E-state index contributed by atoms with van der Waals surface area (Å²) < 4.78 is 33.6. The number of ether oxygens (including phenoxy) is 1. The van der Waals surface area contributed by atoms with Gasteiger partial charge in [0.15, 0.2) is 0 Å². The van der Waals surface area contributed by atoms with Gasteiger partial charge in [-0.15, -0.1) is 0 Å². The van der Waals surface area contributed by atoms with Crippen LogP contribution in [0, 0.1) is 0 Å². The summed E-state index contributed by atoms with van der Waals surface area (Å²) in [6.07, 6.45) is 8.40. The van der Waals surface area contributed by atoms with Gasteiger partial charge in [0.05, 0.1) is 9.79 Å². The molecule has 0 atom stereocenters. The molecule has 5 heteroatoms. The molecule has 0 aliphatic heterocycles. The lowest BCUT2D eigenvalue weighted by Gasteiger charge is -2.21. The Morgan fingerprint density at radius 3 is 1.97 bits per heavy atom. The van der Waals surface area contributed by atoms with Crippen molar-refractivity contribution in [2.45, 2.75) is 79.6 Å². The van der Waals surface area contributed by atoms with Crippen molar-refractivity contribution in [3.63, 3.8) is 0 Å². The molecule has 2 saturated carbocycles. The van der Waals surface area contributed by atoms with E-state index in [1.165, 1.54) is 0 Å². The van der Waals surface area contributed by atoms with Gasteiger partial charge in [0, 0.05) is 0 Å². The Bertz CT molecular complexity index is 1220. The molecule has 0 unspecified atom stereocenters. The quantitative estimate of drug-likeness (QED) is 0.394. The van der Waals surface area contributed by atoms with Gasteiger partial charge in [0.25, 0.3) is 0 Å². The Balaban J connectivity index is 1.46. The summed E-state index contributed by atoms with van der Waals surface area (Å²) in [7, 11) is -3.73. The van der Waals surface area contributed by atoms with Gasteiger partial charge in [-0.25, -0.2) is 8.42 Å². The predicted molar refractivity (Wildman–Crippen MR) is 133 cm³/mol. The Morgan fingerprint density at radius 1 is 0.765 bits per heavy atom. The number of sulfone groups is 1. The van der Waals surface area contributed by atoms with E-state index < -0.39 is 9.84 Å². The van der Waals surface area contributed by atoms with E-state index in [-0.39, 0.29) is 22.5 Å². The molecule has 0 saturated heterocycles. The summed E-state index contributed by atoms with van der Waals surface area (Å²) in [5.74, 6) is 1.32. The first-order valence-corrected chi connectivity index (χ1v) is 13.9. The average Bonchev–Trinajstić information content (AvgIpc) is 3.58. The zero-order valence-electron chi connectivity index (χ0n) is 19.4. The Kier molecular flexibility index (Phi) is 6.64. The van der Waals surface area contributed by atoms with E-state index in [2.05, 4.69) is 0 Å². The number of phenolic OH excluding ortho intramolecular Hbond substituents is 1. The van der Waals surface area contributed by atoms with Crippen LogP contribution in [0.2, 0.25) is 0 Å². The molecular formula is C29H32O4S. The highest BCUT2D eigenvalue weighted by Gasteiger charge is 2.31. The van der Waals surface area contributed by atoms with Crippen LogP contribution in [0.15, 0.2) is 76.5 Å². The van der Waals surface area contributed by atoms with Crippen LogP contribution in [-0.4, -0.2) is 13.5 Å². The number of hydrogen-bond donors (Lipinski definition) is 1. The summed E-state index contributed by atoms with van der Waals surface area (Å²) in [6, 6.07) is 20.2. The molecular weight excluding hydrogens is 444 g/mol. The van der Waals surface area contributed by atoms with Gasteiger partial charge < -0.3 is 9.84 Å². The van der Waals surface area contributed by atoms with Crippen molar-refractivity contribution in [3.8, 4) is 11.5 Å². The first-order chi connectivity index (χ1) is 16.5. The summed E-state index contributed by atoms with van der Waals surface area (Å²) >= 11 is 0. The minimum absolute atomic E-state index is 0.182. The SMILES string of the molecule is O=S(=O)(c1ccc(OCc2ccccc2)cc1)c1cc(C2CCCC2)c(O)cc1C1CCCC1. The van der Waals surface area contributed by atoms with Crippen molar-refractivity contribution in [1.29, 1.82) is 0 Å². The number of rotatable bonds is 7. The molecule has 0 heterocycles. The minimum atomic E-state index is -3.73. The van der Waals surface area contributed by atoms with E-state index in [1.54, 1.807) is 36.4 Å². The van der Waals surface area contributed by atoms with Gasteiger partial charge in [-0.05, 0) is 90.6 Å². The Labute approximate surface area is 202 Å². The predicted octanol–water partition coefficient (Wildman–Crippen LogP) is 7.12. The second-order valence-corrected chi connectivity index (χ2v) is 11.6. The highest BCUT2D eigenvalue weighted by molar-refractivity contribution is 7.91. The lowest BCUT2D eigenvalue weighted by Crippen LogP contribution is -2.10. The highest BCUT2D eigenvalue weighted by Crippen LogP contribution is 2.45. The van der Waals surface area contributed by atoms with Crippen LogP contribution in [0.5, 0.6) is 11.5 Å². The first kappa shape index (κ1) is 23.0. The normalized spacial score (nSPS) is 17.3. The summed E-state index contributed by atoms with van der Waals surface area (Å²) in [4.78, 5) is 0.638. The summed E-state index contributed by atoms with van der Waals surface area (Å²) in [6.45, 7) is 0.432. The van der Waals surface area contributed by atoms with Crippen molar-refractivity contribution in [2.24, 2.45) is 0 Å². The van der Waals surface area contributed by atoms with Gasteiger partial charge in [-0.1, -0.05) is 56.0 Å². The Morgan fingerprint density at radius 2 is 1.35 bits per heavy atom. The van der Waals surface area contributed by atoms with Gasteiger partial charge in [-0.2, -0.15) is 0 Å². The molecule has 0 bridgehead atoms. The van der Waals surface area contributed by atoms with Gasteiger partial charge in [-0.3, -0.25) is 0 Å². The van der Waals surface area contributed by atoms with E-state index in [0.29, 0.717) is 17.3 Å². The minimum Gasteiger partial charge on any atom is -0.508 e. The molecule has 0 spiro atoms. The smallest absolute Gasteiger partial charge is 0.206 e. The van der Waals surface area contributed by atoms with E-state index in [9.17, 15) is 13.5 Å². The standard InChI is InChI=1S/C29H32O4S/c30-28-18-27(23-12-6-7-13-23)29(19-26(28)22-10-4-5-11-22)34(31,32)25-16-14-24(15-17-25)33-20-21-8-2-1-3-9-21/h1-3,8-9,14-19,22-23,30H,4-7,10-13,20H2. The fourth-order valence-electron chi connectivity index (χ4n) is 5.54. The maximum absolute atomic E-state index is 13.9. The molecule has 0 radical (unpaired) electrons. The monoisotopic (exact) mass is 476 g/mol. The van der Waals surface area contributed by atoms with Gasteiger partial charge in [0.2, 0.25) is 9.84 Å². The topological polar surface area (TPSA) is 63.6 Å². The fraction of sp³-hybridized carbons (Fsp3) is 0.379. The fourth-order valence-corrected chi connectivity index (χ4v) is 7.10. The van der Waals surface area contributed by atoms with Crippen molar-refractivity contribution >= 4 is 9.84 Å². The third-order valence-corrected chi connectivity index (χ3v) is 9.25. The van der Waals surface area contributed by atoms with Crippen LogP contribution < -0.4 is 4.74 Å². The molecule has 3 aromatic rings. The molecule has 4 nitrogen and oxygen atoms in total. The Hall–Kier alpha value is -2.79. The van der Waals surface area contributed by atoms with Crippen LogP contribution in [0.25, 0.3) is 0 Å². The van der Waals surface area contributed by atoms with Crippen LogP contribution in [-0.2, 0) is 16.4 Å². The molecule has 0 aromatic heterocycles. The van der Waals surface area contributed by atoms with E-state index in [0.717, 1.165) is 68.1 Å². The molecule has 2 aliphatic rings. The zero-order chi connectivity index (χ0) is 23.5. The molecule has 34 heavy (non-hydrogen) atoms. The molecule has 3 aromatic carbocycles. The summed E-state index contributed by atoms with van der Waals surface area (Å²) in [5.41, 5.74) is 2.63. The average molecular weight is 477 g/mol. The number of aromatic hydroxyl groups is 1. The van der Waals surface area contributed by atoms with Gasteiger partial charge in [0.1, 0.15) is 18.1 Å². The molecule has 2 fully saturated rings. The first-order valence-electron chi connectivity index (χ1n) is 12.4. The van der Waals surface area contributed by atoms with Crippen LogP contribution >= 0.6 is 0 Å². The second-order valence-electron chi connectivity index (χ2n) is 9.66. The lowest BCUT2D eigenvalue weighted by molar-refractivity contribution is 0.306. The van der Waals surface area contributed by atoms with Crippen molar-refractivity contribution < 1.29 is 18.3 Å². The number of hydrogen-bond acceptors (Lipinski definition) is 4. The van der Waals surface area contributed by atoms with E-state index >= 15 is 0 Å². The summed E-state index contributed by atoms with van der Waals surface area (Å²) in [5, 5.41) is 10.9. The molecule has 2 aliphatic carbocycles. The van der Waals surface area contributed by atoms with Crippen LogP contribution in [0.3, 0.4) is 0 Å². The number of benzene rings is 3. The second kappa shape index (κ2) is 9.83. The zero-order valence-corrected chi connectivity index (χ0v) is 20.3. The van der Waals surface area contributed by atoms with Crippen LogP contribution in [0.1, 0.15) is 79.9 Å². The van der Waals surface area contributed by atoms with E-state index in [1.807, 2.05) is 30.3 Å². The molecule has 0 amide bonds. The van der Waals surface area contributed by atoms with Crippen LogP contribution in [0.4, 0.5) is 0 Å². The highest BCUT2D eigenvalue weighted by atomic mass is 32.2. The molecule has 1 N–H and O–H groups in total. The van der Waals surface area contributed by atoms with Crippen molar-refractivity contribution in [3.05, 3.63) is 83.4 Å².